The van der Waals surface area contributed by atoms with Gasteiger partial charge in [-0.3, -0.25) is 19.4 Å². The van der Waals surface area contributed by atoms with Gasteiger partial charge in [-0.05, 0) is 31.0 Å². The van der Waals surface area contributed by atoms with Crippen LogP contribution in [-0.2, 0) is 40.2 Å². The van der Waals surface area contributed by atoms with Gasteiger partial charge < -0.3 is 24.7 Å². The molecule has 0 radical (unpaired) electrons. The number of carbonyl (C=O) groups excluding carboxylic acids is 2. The van der Waals surface area contributed by atoms with Crippen LogP contribution in [0.1, 0.15) is 25.8 Å². The molecule has 2 saturated heterocycles. The molecule has 0 unspecified atom stereocenters. The van der Waals surface area contributed by atoms with Crippen molar-refractivity contribution in [2.24, 2.45) is 17.0 Å². The Bertz CT molecular complexity index is 1400. The van der Waals surface area contributed by atoms with Gasteiger partial charge in [0.05, 0.1) is 23.0 Å². The van der Waals surface area contributed by atoms with Gasteiger partial charge >= 0.3 is 13.8 Å². The van der Waals surface area contributed by atoms with E-state index in [1.165, 1.54) is 47.9 Å². The first-order valence-electron chi connectivity index (χ1n) is 12.4. The van der Waals surface area contributed by atoms with Gasteiger partial charge in [0.15, 0.2) is 0 Å². The summed E-state index contributed by atoms with van der Waals surface area (Å²) in [6.45, 7) is 3.51. The number of nitro benzene ring substituents is 1. The van der Waals surface area contributed by atoms with Crippen LogP contribution in [-0.4, -0.2) is 76.4 Å². The zero-order valence-electron chi connectivity index (χ0n) is 21.9. The predicted octanol–water partition coefficient (Wildman–Crippen LogP) is 0.0809. The van der Waals surface area contributed by atoms with E-state index < -0.39 is 58.8 Å². The molecule has 1 aromatic rings. The van der Waals surface area contributed by atoms with Crippen LogP contribution >= 0.6 is 19.6 Å². The van der Waals surface area contributed by atoms with E-state index in [-0.39, 0.29) is 35.8 Å². The van der Waals surface area contributed by atoms with Crippen molar-refractivity contribution in [1.29, 1.82) is 0 Å². The molecule has 0 saturated carbocycles. The minimum absolute atomic E-state index is 0.0187. The number of phosphoric acid groups is 1. The molecule has 6 atom stereocenters. The molecule has 0 bridgehead atoms. The van der Waals surface area contributed by atoms with Crippen LogP contribution in [0.5, 0.6) is 0 Å². The van der Waals surface area contributed by atoms with Crippen molar-refractivity contribution < 1.29 is 46.5 Å². The minimum Gasteiger partial charge on any atom is -0.456 e. The maximum atomic E-state index is 13.4. The molecule has 3 aliphatic heterocycles. The van der Waals surface area contributed by atoms with Crippen LogP contribution in [0.4, 0.5) is 5.69 Å². The molecule has 4 rings (SSSR count). The Kier molecular flexibility index (Phi) is 9.28. The molecule has 3 aliphatic rings. The summed E-state index contributed by atoms with van der Waals surface area (Å²) in [6, 6.07) is 4.62. The Hall–Kier alpha value is -2.41. The zero-order chi connectivity index (χ0) is 30.3. The van der Waals surface area contributed by atoms with E-state index in [2.05, 4.69) is 10.0 Å². The van der Waals surface area contributed by atoms with Gasteiger partial charge in [-0.15, -0.1) is 11.8 Å². The first-order valence-corrected chi connectivity index (χ1v) is 16.4. The fourth-order valence-corrected chi connectivity index (χ4v) is 7.81. The number of amides is 1. The lowest BCUT2D eigenvalue weighted by atomic mass is 9.79. The summed E-state index contributed by atoms with van der Waals surface area (Å²) in [6.07, 6.45) is -0.607. The van der Waals surface area contributed by atoms with E-state index >= 15 is 0 Å². The number of rotatable bonds is 12. The smallest absolute Gasteiger partial charge is 0.456 e. The molecular weight excluding hydrogens is 605 g/mol. The van der Waals surface area contributed by atoms with Gasteiger partial charge in [0.2, 0.25) is 5.91 Å². The van der Waals surface area contributed by atoms with Crippen LogP contribution in [0.2, 0.25) is 0 Å². The lowest BCUT2D eigenvalue weighted by Gasteiger charge is -2.47. The number of non-ortho nitro benzene ring substituents is 1. The quantitative estimate of drug-likeness (QED) is 0.0673. The molecule has 3 heterocycles. The van der Waals surface area contributed by atoms with Crippen molar-refractivity contribution in [3.63, 3.8) is 0 Å². The van der Waals surface area contributed by atoms with E-state index in [1.54, 1.807) is 6.92 Å². The van der Waals surface area contributed by atoms with Gasteiger partial charge in [0.1, 0.15) is 12.3 Å². The van der Waals surface area contributed by atoms with Crippen molar-refractivity contribution in [2.75, 3.05) is 13.1 Å². The molecule has 0 aliphatic carbocycles. The molecule has 41 heavy (non-hydrogen) atoms. The largest absolute Gasteiger partial charge is 0.469 e. The number of phosphoric ester groups is 1. The summed E-state index contributed by atoms with van der Waals surface area (Å²) in [4.78, 5) is 57.3. The molecule has 19 heteroatoms. The Balaban J connectivity index is 1.53. The van der Waals surface area contributed by atoms with E-state index in [0.29, 0.717) is 23.4 Å². The topological polar surface area (TPSA) is 241 Å². The van der Waals surface area contributed by atoms with Crippen molar-refractivity contribution >= 4 is 47.4 Å². The van der Waals surface area contributed by atoms with Crippen LogP contribution in [0.25, 0.3) is 0 Å². The maximum Gasteiger partial charge on any atom is 0.469 e. The Morgan fingerprint density at radius 3 is 2.61 bits per heavy atom. The maximum absolute atomic E-state index is 13.4. The molecular formula is C22H30N5O11PS2. The third-order valence-electron chi connectivity index (χ3n) is 7.11. The normalized spacial score (nSPS) is 27.0. The van der Waals surface area contributed by atoms with Gasteiger partial charge in [0, 0.05) is 47.3 Å². The van der Waals surface area contributed by atoms with Gasteiger partial charge in [-0.1, -0.05) is 6.92 Å². The highest BCUT2D eigenvalue weighted by molar-refractivity contribution is 8.03. The number of carbonyl (C=O) groups is 2. The Labute approximate surface area is 239 Å². The van der Waals surface area contributed by atoms with Gasteiger partial charge in [-0.25, -0.2) is 19.2 Å². The average molecular weight is 636 g/mol. The fourth-order valence-electron chi connectivity index (χ4n) is 5.29. The molecule has 6 N–H and O–H groups in total. The van der Waals surface area contributed by atoms with Gasteiger partial charge in [0.25, 0.3) is 15.9 Å². The Morgan fingerprint density at radius 1 is 1.37 bits per heavy atom. The number of β-lactam (4-membered cyclic amide) rings is 1. The summed E-state index contributed by atoms with van der Waals surface area (Å²) in [5.74, 6) is -2.66. The summed E-state index contributed by atoms with van der Waals surface area (Å²) in [5, 5.41) is 19.0. The summed E-state index contributed by atoms with van der Waals surface area (Å²) < 4.78 is 46.4. The molecule has 2 fully saturated rings. The van der Waals surface area contributed by atoms with Crippen LogP contribution in [0, 0.1) is 22.0 Å². The number of fused-ring (bicyclic) bond motifs is 1. The number of esters is 1. The molecule has 0 spiro atoms. The highest BCUT2D eigenvalue weighted by Gasteiger charge is 2.61. The second kappa shape index (κ2) is 12.1. The van der Waals surface area contributed by atoms with Crippen molar-refractivity contribution in [3.8, 4) is 0 Å². The van der Waals surface area contributed by atoms with Crippen molar-refractivity contribution in [1.82, 2.24) is 14.9 Å². The van der Waals surface area contributed by atoms with Gasteiger partial charge in [-0.2, -0.15) is 8.42 Å². The number of nitro groups is 1. The number of thioether (sulfide) groups is 1. The molecule has 16 nitrogen and oxygen atoms in total. The van der Waals surface area contributed by atoms with E-state index in [1.807, 2.05) is 0 Å². The lowest BCUT2D eigenvalue weighted by molar-refractivity contribution is -0.384. The van der Waals surface area contributed by atoms with Crippen LogP contribution in [0.3, 0.4) is 0 Å². The van der Waals surface area contributed by atoms with Crippen molar-refractivity contribution in [3.05, 3.63) is 50.5 Å². The molecule has 1 amide bonds. The second-order valence-electron chi connectivity index (χ2n) is 10.0. The predicted molar refractivity (Wildman–Crippen MR) is 145 cm³/mol. The van der Waals surface area contributed by atoms with Crippen molar-refractivity contribution in [2.45, 2.75) is 50.3 Å². The average Bonchev–Trinajstić information content (AvgIpc) is 3.41. The number of hydrogen-bond acceptors (Lipinski definition) is 11. The van der Waals surface area contributed by atoms with E-state index in [0.717, 1.165) is 0 Å². The number of nitrogens with zero attached hydrogens (tertiary/aromatic N) is 2. The Morgan fingerprint density at radius 2 is 2.02 bits per heavy atom. The molecule has 0 aromatic heterocycles. The van der Waals surface area contributed by atoms with E-state index in [9.17, 15) is 42.5 Å². The summed E-state index contributed by atoms with van der Waals surface area (Å²) in [7, 11) is -8.75. The monoisotopic (exact) mass is 635 g/mol. The summed E-state index contributed by atoms with van der Waals surface area (Å²) in [5.41, 5.74) is 0.383. The SMILES string of the molecule is C[C@@H](OP(=O)(O)O)[C@H]1C(=O)N2C(C(=O)OCc3ccc([N+](=O)[O-])cc3)=C(S[C@@H]3CN[C@H](CNS(N)(=O)=O)C3)[C@H](C)[C@H]12. The minimum atomic E-state index is -4.88. The lowest BCUT2D eigenvalue weighted by Crippen LogP contribution is -2.63. The third-order valence-corrected chi connectivity index (χ3v) is 9.80. The number of hydrogen-bond donors (Lipinski definition) is 5. The van der Waals surface area contributed by atoms with Crippen LogP contribution in [0.15, 0.2) is 34.9 Å². The first-order chi connectivity index (χ1) is 19.1. The van der Waals surface area contributed by atoms with E-state index in [4.69, 9.17) is 14.4 Å². The molecule has 226 valence electrons. The third kappa shape index (κ3) is 7.33. The fraction of sp³-hybridized carbons (Fsp3) is 0.545. The highest BCUT2D eigenvalue weighted by atomic mass is 32.2. The number of ether oxygens (including phenoxy) is 1. The molecule has 1 aromatic carbocycles. The number of nitrogens with two attached hydrogens (primary N) is 1. The standard InChI is InChI=1S/C22H30N5O11PS2/c1-11-18-17(12(2)38-39(32,33)34)21(28)26(18)19(22(29)37-10-13-3-5-15(6-4-13)27(30)31)20(11)40-16-7-14(24-9-16)8-25-41(23,35)36/h3-6,11-12,14,16-18,24-25H,7-10H2,1-2H3,(H2,23,35,36)(H2,32,33,34)/t11-,12-,14+,16+,17-,18-/m1/s1. The zero-order valence-corrected chi connectivity index (χ0v) is 24.4. The number of nitrogens with one attached hydrogen (secondary N) is 2. The number of benzene rings is 1. The summed E-state index contributed by atoms with van der Waals surface area (Å²) >= 11 is 1.34. The highest BCUT2D eigenvalue weighted by Crippen LogP contribution is 2.54. The second-order valence-corrected chi connectivity index (χ2v) is 13.9. The first kappa shape index (κ1) is 31.5. The van der Waals surface area contributed by atoms with Crippen LogP contribution < -0.4 is 15.2 Å².